The number of halogens is 2. The van der Waals surface area contributed by atoms with E-state index in [2.05, 4.69) is 20.7 Å². The zero-order valence-corrected chi connectivity index (χ0v) is 24.4. The lowest BCUT2D eigenvalue weighted by atomic mass is 10.0. The van der Waals surface area contributed by atoms with Gasteiger partial charge in [-0.3, -0.25) is 14.9 Å². The fraction of sp³-hybridized carbons (Fsp3) is 0.103. The van der Waals surface area contributed by atoms with E-state index in [0.717, 1.165) is 28.1 Å². The van der Waals surface area contributed by atoms with Crippen molar-refractivity contribution in [2.24, 2.45) is 5.10 Å². The first-order valence-electron chi connectivity index (χ1n) is 12.6. The number of nitro benzene ring substituents is 1. The van der Waals surface area contributed by atoms with E-state index < -0.39 is 10.8 Å². The lowest BCUT2D eigenvalue weighted by molar-refractivity contribution is -0.384. The van der Waals surface area contributed by atoms with Crippen LogP contribution in [0.15, 0.2) is 93.6 Å². The van der Waals surface area contributed by atoms with Crippen molar-refractivity contribution in [1.29, 1.82) is 0 Å². The minimum atomic E-state index is -0.454. The Hall–Kier alpha value is -4.65. The van der Waals surface area contributed by atoms with Crippen LogP contribution in [0.1, 0.15) is 17.0 Å². The van der Waals surface area contributed by atoms with Gasteiger partial charge < -0.3 is 13.9 Å². The summed E-state index contributed by atoms with van der Waals surface area (Å²) in [6.07, 6.45) is 1.51. The van der Waals surface area contributed by atoms with Crippen molar-refractivity contribution in [2.45, 2.75) is 18.4 Å². The van der Waals surface area contributed by atoms with E-state index in [1.54, 1.807) is 30.3 Å². The van der Waals surface area contributed by atoms with Crippen molar-refractivity contribution in [1.82, 2.24) is 15.6 Å². The van der Waals surface area contributed by atoms with Crippen LogP contribution < -0.4 is 14.9 Å². The lowest BCUT2D eigenvalue weighted by Gasteiger charge is -2.12. The number of nitrogens with one attached hydrogen (secondary N) is 1. The standard InChI is InChI=1S/C29H21Cl2N5O6S/c30-20-8-12-26(24(31)13-20)41-16-28-34-35-29(42-28)43-17-27(37)33-32-14-23-22-4-2-1-3-19(22)7-11-25(23)40-15-18-5-9-21(10-6-18)36(38)39/h1-14H,15-17H2,(H,33,37)/b32-14-. The molecule has 0 aliphatic carbocycles. The molecule has 0 saturated heterocycles. The Morgan fingerprint density at radius 3 is 2.56 bits per heavy atom. The second-order valence-corrected chi connectivity index (χ2v) is 10.6. The maximum atomic E-state index is 12.5. The second-order valence-electron chi connectivity index (χ2n) is 8.82. The van der Waals surface area contributed by atoms with E-state index >= 15 is 0 Å². The molecule has 0 atom stereocenters. The van der Waals surface area contributed by atoms with Gasteiger partial charge in [-0.1, -0.05) is 65.3 Å². The molecule has 43 heavy (non-hydrogen) atoms. The first-order chi connectivity index (χ1) is 20.9. The summed E-state index contributed by atoms with van der Waals surface area (Å²) in [7, 11) is 0. The second kappa shape index (κ2) is 14.0. The Morgan fingerprint density at radius 1 is 1.00 bits per heavy atom. The predicted octanol–water partition coefficient (Wildman–Crippen LogP) is 6.84. The van der Waals surface area contributed by atoms with E-state index in [4.69, 9.17) is 37.1 Å². The fourth-order valence-electron chi connectivity index (χ4n) is 3.82. The van der Waals surface area contributed by atoms with Crippen LogP contribution in [-0.4, -0.2) is 33.0 Å². The summed E-state index contributed by atoms with van der Waals surface area (Å²) in [6, 6.07) is 22.4. The lowest BCUT2D eigenvalue weighted by Crippen LogP contribution is -2.19. The quantitative estimate of drug-likeness (QED) is 0.0673. The number of benzene rings is 4. The molecule has 1 amide bonds. The van der Waals surface area contributed by atoms with Gasteiger partial charge in [0.05, 0.1) is 21.9 Å². The average Bonchev–Trinajstić information content (AvgIpc) is 3.47. The van der Waals surface area contributed by atoms with Gasteiger partial charge in [0.2, 0.25) is 0 Å². The normalized spacial score (nSPS) is 11.1. The zero-order chi connectivity index (χ0) is 30.2. The number of aromatic nitrogens is 2. The van der Waals surface area contributed by atoms with Crippen molar-refractivity contribution in [3.63, 3.8) is 0 Å². The summed E-state index contributed by atoms with van der Waals surface area (Å²) in [5.74, 6) is 0.747. The van der Waals surface area contributed by atoms with Crippen molar-refractivity contribution in [3.8, 4) is 11.5 Å². The predicted molar refractivity (Wildman–Crippen MR) is 163 cm³/mol. The van der Waals surface area contributed by atoms with Crippen molar-refractivity contribution >= 4 is 63.5 Å². The summed E-state index contributed by atoms with van der Waals surface area (Å²) in [5, 5.41) is 25.7. The SMILES string of the molecule is O=C(CSc1nnc(COc2ccc(Cl)cc2Cl)o1)N/N=C\c1c(OCc2ccc([N+](=O)[O-])cc2)ccc2ccccc12. The molecule has 0 spiro atoms. The van der Waals surface area contributed by atoms with E-state index in [0.29, 0.717) is 27.1 Å². The third kappa shape index (κ3) is 8.01. The number of thioether (sulfide) groups is 1. The molecule has 0 aliphatic rings. The summed E-state index contributed by atoms with van der Waals surface area (Å²) in [6.45, 7) is 0.176. The molecule has 5 aromatic rings. The highest BCUT2D eigenvalue weighted by Gasteiger charge is 2.12. The Kier molecular flexibility index (Phi) is 9.72. The molecule has 11 nitrogen and oxygen atoms in total. The number of non-ortho nitro benzene ring substituents is 1. The van der Waals surface area contributed by atoms with Crippen LogP contribution in [0.2, 0.25) is 10.0 Å². The molecule has 14 heteroatoms. The van der Waals surface area contributed by atoms with Gasteiger partial charge >= 0.3 is 0 Å². The number of hydrogen-bond acceptors (Lipinski definition) is 10. The molecule has 218 valence electrons. The molecular formula is C29H21Cl2N5O6S. The highest BCUT2D eigenvalue weighted by molar-refractivity contribution is 7.99. The van der Waals surface area contributed by atoms with E-state index in [1.807, 2.05) is 36.4 Å². The van der Waals surface area contributed by atoms with Gasteiger partial charge in [-0.25, -0.2) is 5.43 Å². The molecule has 0 fully saturated rings. The minimum Gasteiger partial charge on any atom is -0.488 e. The monoisotopic (exact) mass is 637 g/mol. The van der Waals surface area contributed by atoms with Gasteiger partial charge in [0.1, 0.15) is 18.1 Å². The number of rotatable bonds is 12. The largest absolute Gasteiger partial charge is 0.488 e. The Morgan fingerprint density at radius 2 is 1.77 bits per heavy atom. The molecule has 0 unspecified atom stereocenters. The van der Waals surface area contributed by atoms with Crippen LogP contribution in [0.3, 0.4) is 0 Å². The molecule has 0 saturated carbocycles. The van der Waals surface area contributed by atoms with Crippen LogP contribution in [0.5, 0.6) is 11.5 Å². The van der Waals surface area contributed by atoms with Gasteiger partial charge in [-0.15, -0.1) is 10.2 Å². The Bertz CT molecular complexity index is 1800. The smallest absolute Gasteiger partial charge is 0.277 e. The van der Waals surface area contributed by atoms with Crippen molar-refractivity contribution in [2.75, 3.05) is 5.75 Å². The van der Waals surface area contributed by atoms with E-state index in [-0.39, 0.29) is 35.8 Å². The molecule has 1 aromatic heterocycles. The fourth-order valence-corrected chi connectivity index (χ4v) is 4.86. The molecular weight excluding hydrogens is 617 g/mol. The van der Waals surface area contributed by atoms with Gasteiger partial charge in [-0.05, 0) is 52.7 Å². The number of hydrazone groups is 1. The average molecular weight is 638 g/mol. The maximum Gasteiger partial charge on any atom is 0.277 e. The minimum absolute atomic E-state index is 0.00393. The number of ether oxygens (including phenoxy) is 2. The topological polar surface area (TPSA) is 142 Å². The zero-order valence-electron chi connectivity index (χ0n) is 22.1. The Balaban J connectivity index is 1.17. The molecule has 0 aliphatic heterocycles. The van der Waals surface area contributed by atoms with E-state index in [9.17, 15) is 14.9 Å². The summed E-state index contributed by atoms with van der Waals surface area (Å²) in [4.78, 5) is 22.9. The number of carbonyl (C=O) groups excluding carboxylic acids is 1. The third-order valence-electron chi connectivity index (χ3n) is 5.88. The Labute approximate surface area is 258 Å². The van der Waals surface area contributed by atoms with Crippen molar-refractivity contribution < 1.29 is 23.6 Å². The molecule has 5 rings (SSSR count). The number of amides is 1. The molecule has 1 N–H and O–H groups in total. The van der Waals surface area contributed by atoms with Crippen LogP contribution in [0, 0.1) is 10.1 Å². The van der Waals surface area contributed by atoms with Gasteiger partial charge in [0, 0.05) is 22.7 Å². The highest BCUT2D eigenvalue weighted by Crippen LogP contribution is 2.29. The summed E-state index contributed by atoms with van der Waals surface area (Å²) in [5.41, 5.74) is 3.93. The van der Waals surface area contributed by atoms with Gasteiger partial charge in [0.15, 0.2) is 6.61 Å². The summed E-state index contributed by atoms with van der Waals surface area (Å²) >= 11 is 13.0. The summed E-state index contributed by atoms with van der Waals surface area (Å²) < 4.78 is 17.1. The van der Waals surface area contributed by atoms with Crippen LogP contribution in [0.25, 0.3) is 10.8 Å². The van der Waals surface area contributed by atoms with Crippen molar-refractivity contribution in [3.05, 3.63) is 116 Å². The third-order valence-corrected chi connectivity index (χ3v) is 7.22. The highest BCUT2D eigenvalue weighted by atomic mass is 35.5. The van der Waals surface area contributed by atoms with E-state index in [1.165, 1.54) is 18.3 Å². The van der Waals surface area contributed by atoms with Gasteiger partial charge in [0.25, 0.3) is 22.7 Å². The molecule has 1 heterocycles. The number of nitrogens with zero attached hydrogens (tertiary/aromatic N) is 4. The molecule has 0 radical (unpaired) electrons. The maximum absolute atomic E-state index is 12.5. The van der Waals surface area contributed by atoms with Crippen LogP contribution in [-0.2, 0) is 18.0 Å². The van der Waals surface area contributed by atoms with Gasteiger partial charge in [-0.2, -0.15) is 5.10 Å². The molecule has 4 aromatic carbocycles. The number of fused-ring (bicyclic) bond motifs is 1. The first kappa shape index (κ1) is 29.8. The first-order valence-corrected chi connectivity index (χ1v) is 14.3. The number of nitro groups is 1. The number of carbonyl (C=O) groups is 1. The number of hydrogen-bond donors (Lipinski definition) is 1. The van der Waals surface area contributed by atoms with Crippen LogP contribution >= 0.6 is 35.0 Å². The molecule has 0 bridgehead atoms. The van der Waals surface area contributed by atoms with Crippen LogP contribution in [0.4, 0.5) is 5.69 Å².